The van der Waals surface area contributed by atoms with Crippen molar-refractivity contribution in [1.82, 2.24) is 9.88 Å². The van der Waals surface area contributed by atoms with E-state index < -0.39 is 24.0 Å². The summed E-state index contributed by atoms with van der Waals surface area (Å²) >= 11 is 0. The number of rotatable bonds is 5. The highest BCUT2D eigenvalue weighted by atomic mass is 19.4. The minimum atomic E-state index is -4.50. The van der Waals surface area contributed by atoms with Crippen molar-refractivity contribution in [2.75, 3.05) is 11.9 Å². The second-order valence-electron chi connectivity index (χ2n) is 10.9. The second kappa shape index (κ2) is 10.0. The number of likely N-dealkylation sites (tertiary alicyclic amines) is 1. The number of carbonyl (C=O) groups excluding carboxylic acids is 2. The van der Waals surface area contributed by atoms with Crippen LogP contribution in [0.4, 0.5) is 19.0 Å². The van der Waals surface area contributed by atoms with Gasteiger partial charge in [-0.15, -0.1) is 4.59 Å². The predicted molar refractivity (Wildman–Crippen MR) is 146 cm³/mol. The van der Waals surface area contributed by atoms with Gasteiger partial charge in [-0.2, -0.15) is 24.0 Å². The third-order valence-electron chi connectivity index (χ3n) is 7.94. The summed E-state index contributed by atoms with van der Waals surface area (Å²) in [5.41, 5.74) is 3.08. The van der Waals surface area contributed by atoms with Crippen molar-refractivity contribution in [1.29, 1.82) is 0 Å². The molecule has 0 bridgehead atoms. The summed E-state index contributed by atoms with van der Waals surface area (Å²) in [6.07, 6.45) is 3.14. The van der Waals surface area contributed by atoms with E-state index in [-0.39, 0.29) is 35.8 Å². The molecule has 0 spiro atoms. The minimum absolute atomic E-state index is 0.0845. The Morgan fingerprint density at radius 2 is 1.85 bits per heavy atom. The first kappa shape index (κ1) is 27.0. The summed E-state index contributed by atoms with van der Waals surface area (Å²) < 4.78 is 41.3. The van der Waals surface area contributed by atoms with Gasteiger partial charge in [0.25, 0.3) is 11.7 Å². The number of nitrogens with zero attached hydrogens (tertiary/aromatic N) is 5. The lowest BCUT2D eigenvalue weighted by atomic mass is 9.88. The molecule has 1 aromatic heterocycles. The SMILES string of the molecule is Cc1ccnc(NC(=O)c2ccc(C3=NC([C@H]4CC[C@H](C(F)(F)F)N(C(=O)C5CC5)C4)=C4C=NC=C[N+]34N)cc2)c1. The fourth-order valence-electron chi connectivity index (χ4n) is 5.61. The monoisotopic (exact) mass is 564 g/mol. The summed E-state index contributed by atoms with van der Waals surface area (Å²) in [6.45, 7) is 1.82. The zero-order chi connectivity index (χ0) is 28.9. The average molecular weight is 565 g/mol. The predicted octanol–water partition coefficient (Wildman–Crippen LogP) is 4.44. The molecule has 212 valence electrons. The van der Waals surface area contributed by atoms with Crippen LogP contribution in [0.25, 0.3) is 0 Å². The number of carbonyl (C=O) groups is 2. The highest BCUT2D eigenvalue weighted by Crippen LogP contribution is 2.43. The van der Waals surface area contributed by atoms with Crippen LogP contribution in [0, 0.1) is 18.8 Å². The van der Waals surface area contributed by atoms with Crippen LogP contribution >= 0.6 is 0 Å². The number of halogens is 3. The highest BCUT2D eigenvalue weighted by Gasteiger charge is 2.53. The fourth-order valence-corrected chi connectivity index (χ4v) is 5.61. The summed E-state index contributed by atoms with van der Waals surface area (Å²) in [6, 6.07) is 8.56. The quantitative estimate of drug-likeness (QED) is 0.413. The Morgan fingerprint density at radius 3 is 2.54 bits per heavy atom. The number of fused-ring (bicyclic) bond motifs is 1. The van der Waals surface area contributed by atoms with Gasteiger partial charge in [0.1, 0.15) is 23.8 Å². The molecule has 6 rings (SSSR count). The molecular formula is C29H29F3N7O2+. The minimum Gasteiger partial charge on any atom is -0.330 e. The molecule has 3 aliphatic heterocycles. The molecule has 1 aliphatic carbocycles. The van der Waals surface area contributed by atoms with Crippen molar-refractivity contribution < 1.29 is 27.4 Å². The molecule has 9 nitrogen and oxygen atoms in total. The number of anilines is 1. The Hall–Kier alpha value is -4.16. The number of aryl methyl sites for hydroxylation is 1. The molecule has 4 heterocycles. The number of quaternary nitrogens is 1. The first-order valence-corrected chi connectivity index (χ1v) is 13.5. The van der Waals surface area contributed by atoms with Crippen LogP contribution in [0.15, 0.2) is 76.4 Å². The van der Waals surface area contributed by atoms with Gasteiger partial charge in [0.2, 0.25) is 11.6 Å². The molecule has 12 heteroatoms. The topological polar surface area (TPSA) is 113 Å². The normalized spacial score (nSPS) is 25.7. The maximum Gasteiger partial charge on any atom is 0.408 e. The number of allylic oxidation sites excluding steroid dienone is 1. The Labute approximate surface area is 234 Å². The zero-order valence-corrected chi connectivity index (χ0v) is 22.3. The highest BCUT2D eigenvalue weighted by molar-refractivity contribution is 6.05. The van der Waals surface area contributed by atoms with Crippen LogP contribution in [-0.2, 0) is 4.79 Å². The smallest absolute Gasteiger partial charge is 0.330 e. The van der Waals surface area contributed by atoms with Crippen molar-refractivity contribution in [3.05, 3.63) is 83.1 Å². The summed E-state index contributed by atoms with van der Waals surface area (Å²) in [5, 5.41) is 2.77. The van der Waals surface area contributed by atoms with Gasteiger partial charge in [-0.3, -0.25) is 14.6 Å². The number of nitrogens with one attached hydrogen (secondary N) is 1. The molecule has 3 N–H and O–H groups in total. The Bertz CT molecular complexity index is 1530. The van der Waals surface area contributed by atoms with Gasteiger partial charge in [0, 0.05) is 30.1 Å². The van der Waals surface area contributed by atoms with Gasteiger partial charge in [-0.1, -0.05) is 0 Å². The van der Waals surface area contributed by atoms with Crippen LogP contribution in [-0.4, -0.2) is 57.1 Å². The molecule has 2 amide bonds. The number of alkyl halides is 3. The molecule has 1 unspecified atom stereocenters. The molecule has 41 heavy (non-hydrogen) atoms. The van der Waals surface area contributed by atoms with Crippen molar-refractivity contribution in [2.24, 2.45) is 27.7 Å². The van der Waals surface area contributed by atoms with Gasteiger partial charge in [0.05, 0.1) is 18.0 Å². The van der Waals surface area contributed by atoms with E-state index in [1.165, 1.54) is 0 Å². The zero-order valence-electron chi connectivity index (χ0n) is 22.3. The van der Waals surface area contributed by atoms with E-state index in [1.807, 2.05) is 13.0 Å². The second-order valence-corrected chi connectivity index (χ2v) is 10.9. The maximum atomic E-state index is 13.9. The number of hydrogen-bond donors (Lipinski definition) is 2. The number of nitrogens with two attached hydrogens (primary N) is 1. The molecule has 1 aromatic carbocycles. The van der Waals surface area contributed by atoms with E-state index >= 15 is 0 Å². The lowest BCUT2D eigenvalue weighted by molar-refractivity contribution is -0.750. The number of piperidine rings is 1. The van der Waals surface area contributed by atoms with Crippen LogP contribution < -0.4 is 11.2 Å². The van der Waals surface area contributed by atoms with E-state index in [0.717, 1.165) is 10.5 Å². The summed E-state index contributed by atoms with van der Waals surface area (Å²) in [7, 11) is 0. The van der Waals surface area contributed by atoms with Gasteiger partial charge in [0.15, 0.2) is 0 Å². The van der Waals surface area contributed by atoms with E-state index in [2.05, 4.69) is 15.3 Å². The number of amides is 2. The standard InChI is InChI=1S/C29H28F3N7O2/c1-17-10-11-35-24(14-17)36-27(40)19-4-2-18(3-5-19)26-37-25(22-15-34-12-13-39(22,26)33)21-8-9-23(29(30,31)32)38(16-21)28(41)20-6-7-20/h2-5,10-15,20-21,23H,6-9,16,33H2,1H3/p+1/t21-,23+,39?/m0/s1. The lowest BCUT2D eigenvalue weighted by Gasteiger charge is -2.40. The lowest BCUT2D eigenvalue weighted by Crippen LogP contribution is -2.55. The summed E-state index contributed by atoms with van der Waals surface area (Å²) in [5.74, 6) is 6.18. The number of aromatic nitrogens is 1. The van der Waals surface area contributed by atoms with Crippen LogP contribution in [0.2, 0.25) is 0 Å². The molecule has 4 aliphatic rings. The summed E-state index contributed by atoms with van der Waals surface area (Å²) in [4.78, 5) is 39.9. The third kappa shape index (κ3) is 5.08. The Morgan fingerprint density at radius 1 is 1.10 bits per heavy atom. The first-order chi connectivity index (χ1) is 19.5. The molecular weight excluding hydrogens is 535 g/mol. The first-order valence-electron chi connectivity index (χ1n) is 13.5. The number of benzene rings is 1. The van der Waals surface area contributed by atoms with Gasteiger partial charge in [-0.05, 0) is 74.6 Å². The van der Waals surface area contributed by atoms with Crippen molar-refractivity contribution in [2.45, 2.75) is 44.8 Å². The van der Waals surface area contributed by atoms with Gasteiger partial charge in [-0.25, -0.2) is 4.98 Å². The molecule has 0 radical (unpaired) electrons. The fraction of sp³-hybridized carbons (Fsp3) is 0.345. The Kier molecular flexibility index (Phi) is 6.62. The number of aliphatic imine (C=N–C) groups is 2. The van der Waals surface area contributed by atoms with Crippen molar-refractivity contribution in [3.8, 4) is 0 Å². The van der Waals surface area contributed by atoms with E-state index in [0.29, 0.717) is 47.0 Å². The maximum absolute atomic E-state index is 13.9. The van der Waals surface area contributed by atoms with Gasteiger partial charge >= 0.3 is 6.18 Å². The van der Waals surface area contributed by atoms with Crippen LogP contribution in [0.5, 0.6) is 0 Å². The molecule has 2 aromatic rings. The number of hydrogen-bond acceptors (Lipinski definition) is 6. The van der Waals surface area contributed by atoms with Crippen LogP contribution in [0.3, 0.4) is 0 Å². The van der Waals surface area contributed by atoms with E-state index in [4.69, 9.17) is 10.8 Å². The van der Waals surface area contributed by atoms with E-state index in [9.17, 15) is 22.8 Å². The Balaban J connectivity index is 1.27. The average Bonchev–Trinajstić information content (AvgIpc) is 3.74. The largest absolute Gasteiger partial charge is 0.408 e. The van der Waals surface area contributed by atoms with E-state index in [1.54, 1.807) is 55.1 Å². The third-order valence-corrected chi connectivity index (χ3v) is 7.94. The van der Waals surface area contributed by atoms with Gasteiger partial charge < -0.3 is 10.2 Å². The molecule has 3 atom stereocenters. The van der Waals surface area contributed by atoms with Crippen LogP contribution in [0.1, 0.15) is 47.2 Å². The molecule has 1 saturated heterocycles. The molecule has 1 saturated carbocycles. The molecule has 2 fully saturated rings. The number of pyridine rings is 1. The van der Waals surface area contributed by atoms with Crippen molar-refractivity contribution >= 4 is 29.7 Å². The number of amidine groups is 1. The van der Waals surface area contributed by atoms with Crippen molar-refractivity contribution in [3.63, 3.8) is 0 Å².